The van der Waals surface area contributed by atoms with Crippen molar-refractivity contribution < 1.29 is 4.79 Å². The minimum absolute atomic E-state index is 0.179. The van der Waals surface area contributed by atoms with Crippen LogP contribution in [0.3, 0.4) is 0 Å². The molecule has 0 saturated heterocycles. The van der Waals surface area contributed by atoms with Crippen LogP contribution in [0.2, 0.25) is 0 Å². The van der Waals surface area contributed by atoms with Gasteiger partial charge >= 0.3 is 0 Å². The lowest BCUT2D eigenvalue weighted by atomic mass is 9.80. The van der Waals surface area contributed by atoms with E-state index in [0.717, 1.165) is 31.2 Å². The third-order valence-corrected chi connectivity index (χ3v) is 4.63. The molecule has 1 aliphatic carbocycles. The Morgan fingerprint density at radius 1 is 1.37 bits per heavy atom. The number of allylic oxidation sites excluding steroid dienone is 1. The summed E-state index contributed by atoms with van der Waals surface area (Å²) in [7, 11) is 0. The first-order chi connectivity index (χ1) is 9.20. The van der Waals surface area contributed by atoms with Gasteiger partial charge in [0.1, 0.15) is 0 Å². The molecule has 1 spiro atoms. The monoisotopic (exact) mass is 255 g/mol. The van der Waals surface area contributed by atoms with E-state index in [1.165, 1.54) is 5.56 Å². The average Bonchev–Trinajstić information content (AvgIpc) is 2.69. The van der Waals surface area contributed by atoms with Crippen molar-refractivity contribution in [3.8, 4) is 0 Å². The Bertz CT molecular complexity index is 534. The van der Waals surface area contributed by atoms with Gasteiger partial charge in [-0.1, -0.05) is 37.3 Å². The van der Waals surface area contributed by atoms with Crippen LogP contribution in [0.15, 0.2) is 36.4 Å². The number of rotatable bonds is 2. The van der Waals surface area contributed by atoms with Gasteiger partial charge in [-0.25, -0.2) is 0 Å². The molecule has 2 unspecified atom stereocenters. The number of carbonyl (C=O) groups is 1. The van der Waals surface area contributed by atoms with Gasteiger partial charge in [0.2, 0.25) is 0 Å². The molecule has 1 heterocycles. The Morgan fingerprint density at radius 2 is 2.16 bits per heavy atom. The van der Waals surface area contributed by atoms with Crippen molar-refractivity contribution in [2.75, 3.05) is 0 Å². The lowest BCUT2D eigenvalue weighted by molar-refractivity contribution is 0.0482. The Hall–Kier alpha value is -1.57. The molecule has 0 N–H and O–H groups in total. The van der Waals surface area contributed by atoms with E-state index >= 15 is 0 Å². The summed E-state index contributed by atoms with van der Waals surface area (Å²) < 4.78 is 0. The fraction of sp³-hybridized carbons (Fsp3) is 0.471. The molecule has 0 fully saturated rings. The highest BCUT2D eigenvalue weighted by Crippen LogP contribution is 2.47. The van der Waals surface area contributed by atoms with Gasteiger partial charge in [-0.05, 0) is 44.2 Å². The summed E-state index contributed by atoms with van der Waals surface area (Å²) >= 11 is 0. The maximum absolute atomic E-state index is 12.8. The molecule has 0 radical (unpaired) electrons. The van der Waals surface area contributed by atoms with E-state index in [-0.39, 0.29) is 17.5 Å². The summed E-state index contributed by atoms with van der Waals surface area (Å²) in [4.78, 5) is 14.9. The number of nitrogens with zero attached hydrogens (tertiary/aromatic N) is 1. The molecular formula is C17H21NO. The quantitative estimate of drug-likeness (QED) is 0.734. The molecule has 1 aliphatic heterocycles. The highest BCUT2D eigenvalue weighted by molar-refractivity contribution is 6.00. The Labute approximate surface area is 115 Å². The molecule has 19 heavy (non-hydrogen) atoms. The Kier molecular flexibility index (Phi) is 2.96. The molecule has 0 aromatic heterocycles. The van der Waals surface area contributed by atoms with Crippen molar-refractivity contribution >= 4 is 5.91 Å². The predicted octanol–water partition coefficient (Wildman–Crippen LogP) is 3.88. The van der Waals surface area contributed by atoms with Crippen LogP contribution in [-0.4, -0.2) is 16.8 Å². The fourth-order valence-corrected chi connectivity index (χ4v) is 3.54. The zero-order valence-electron chi connectivity index (χ0n) is 11.7. The van der Waals surface area contributed by atoms with Crippen molar-refractivity contribution in [3.63, 3.8) is 0 Å². The lowest BCUT2D eigenvalue weighted by Gasteiger charge is -2.42. The number of carbonyl (C=O) groups excluding carboxylic acids is 1. The average molecular weight is 255 g/mol. The number of amides is 1. The molecule has 1 amide bonds. The van der Waals surface area contributed by atoms with Crippen molar-refractivity contribution in [2.45, 2.75) is 51.1 Å². The van der Waals surface area contributed by atoms with Crippen molar-refractivity contribution in [3.05, 3.63) is 47.5 Å². The molecule has 2 heteroatoms. The standard InChI is InChI=1S/C17H21NO/c1-3-13(2)18-16(19)14-9-5-6-10-15(14)17(18)11-7-4-8-12-17/h5-7,9-11,13H,3-4,8,12H2,1-2H3. The summed E-state index contributed by atoms with van der Waals surface area (Å²) in [5.41, 5.74) is 1.92. The Morgan fingerprint density at radius 3 is 2.84 bits per heavy atom. The van der Waals surface area contributed by atoms with E-state index < -0.39 is 0 Å². The van der Waals surface area contributed by atoms with E-state index in [2.05, 4.69) is 43.0 Å². The zero-order chi connectivity index (χ0) is 13.5. The maximum atomic E-state index is 12.8. The van der Waals surface area contributed by atoms with E-state index in [0.29, 0.717) is 0 Å². The minimum Gasteiger partial charge on any atom is -0.323 e. The molecule has 3 rings (SSSR count). The van der Waals surface area contributed by atoms with Crippen LogP contribution in [-0.2, 0) is 5.54 Å². The fourth-order valence-electron chi connectivity index (χ4n) is 3.54. The first kappa shape index (κ1) is 12.5. The van der Waals surface area contributed by atoms with Gasteiger partial charge in [-0.15, -0.1) is 0 Å². The van der Waals surface area contributed by atoms with E-state index in [1.807, 2.05) is 12.1 Å². The van der Waals surface area contributed by atoms with Gasteiger partial charge in [-0.2, -0.15) is 0 Å². The van der Waals surface area contributed by atoms with Crippen LogP contribution in [0, 0.1) is 0 Å². The summed E-state index contributed by atoms with van der Waals surface area (Å²) in [5.74, 6) is 0.205. The van der Waals surface area contributed by atoms with Crippen LogP contribution in [0.4, 0.5) is 0 Å². The number of hydrogen-bond acceptors (Lipinski definition) is 1. The summed E-state index contributed by atoms with van der Waals surface area (Å²) in [5, 5.41) is 0. The van der Waals surface area contributed by atoms with Crippen molar-refractivity contribution in [1.29, 1.82) is 0 Å². The van der Waals surface area contributed by atoms with Crippen LogP contribution < -0.4 is 0 Å². The van der Waals surface area contributed by atoms with Gasteiger partial charge in [0.15, 0.2) is 0 Å². The number of benzene rings is 1. The second kappa shape index (κ2) is 4.52. The molecule has 1 aromatic carbocycles. The molecule has 0 bridgehead atoms. The molecule has 2 nitrogen and oxygen atoms in total. The highest BCUT2D eigenvalue weighted by Gasteiger charge is 2.49. The van der Waals surface area contributed by atoms with E-state index in [4.69, 9.17) is 0 Å². The predicted molar refractivity (Wildman–Crippen MR) is 77.0 cm³/mol. The molecule has 0 saturated carbocycles. The van der Waals surface area contributed by atoms with Crippen LogP contribution >= 0.6 is 0 Å². The minimum atomic E-state index is -0.179. The first-order valence-electron chi connectivity index (χ1n) is 7.31. The zero-order valence-corrected chi connectivity index (χ0v) is 11.7. The Balaban J connectivity index is 2.19. The van der Waals surface area contributed by atoms with Crippen LogP contribution in [0.1, 0.15) is 55.5 Å². The summed E-state index contributed by atoms with van der Waals surface area (Å²) in [6.07, 6.45) is 8.85. The molecular weight excluding hydrogens is 234 g/mol. The molecule has 1 aromatic rings. The van der Waals surface area contributed by atoms with Gasteiger partial charge in [0.25, 0.3) is 5.91 Å². The summed E-state index contributed by atoms with van der Waals surface area (Å²) in [6, 6.07) is 8.41. The van der Waals surface area contributed by atoms with Gasteiger partial charge in [-0.3, -0.25) is 4.79 Å². The van der Waals surface area contributed by atoms with Gasteiger partial charge in [0.05, 0.1) is 5.54 Å². The number of fused-ring (bicyclic) bond motifs is 2. The summed E-state index contributed by atoms with van der Waals surface area (Å²) in [6.45, 7) is 4.31. The van der Waals surface area contributed by atoms with Crippen LogP contribution in [0.25, 0.3) is 0 Å². The third kappa shape index (κ3) is 1.66. The van der Waals surface area contributed by atoms with E-state index in [9.17, 15) is 4.79 Å². The first-order valence-corrected chi connectivity index (χ1v) is 7.31. The van der Waals surface area contributed by atoms with Gasteiger partial charge in [0, 0.05) is 11.6 Å². The highest BCUT2D eigenvalue weighted by atomic mass is 16.2. The van der Waals surface area contributed by atoms with Crippen molar-refractivity contribution in [1.82, 2.24) is 4.90 Å². The maximum Gasteiger partial charge on any atom is 0.255 e. The normalized spacial score (nSPS) is 26.8. The second-order valence-electron chi connectivity index (χ2n) is 5.70. The topological polar surface area (TPSA) is 20.3 Å². The smallest absolute Gasteiger partial charge is 0.255 e. The largest absolute Gasteiger partial charge is 0.323 e. The van der Waals surface area contributed by atoms with Crippen LogP contribution in [0.5, 0.6) is 0 Å². The molecule has 100 valence electrons. The molecule has 2 atom stereocenters. The molecule has 2 aliphatic rings. The van der Waals surface area contributed by atoms with Crippen molar-refractivity contribution in [2.24, 2.45) is 0 Å². The van der Waals surface area contributed by atoms with Gasteiger partial charge < -0.3 is 4.90 Å². The van der Waals surface area contributed by atoms with E-state index in [1.54, 1.807) is 0 Å². The lowest BCUT2D eigenvalue weighted by Crippen LogP contribution is -2.48. The third-order valence-electron chi connectivity index (χ3n) is 4.63. The number of hydrogen-bond donors (Lipinski definition) is 0. The second-order valence-corrected chi connectivity index (χ2v) is 5.70. The SMILES string of the molecule is CCC(C)N1C(=O)c2ccccc2C12C=CCCC2.